The Morgan fingerprint density at radius 3 is 2.43 bits per heavy atom. The Balaban J connectivity index is 4.54. The second kappa shape index (κ2) is 10.1. The van der Waals surface area contributed by atoms with Gasteiger partial charge in [-0.2, -0.15) is 0 Å². The molecule has 0 radical (unpaired) electrons. The van der Waals surface area contributed by atoms with Crippen molar-refractivity contribution in [1.29, 1.82) is 0 Å². The Morgan fingerprint density at radius 1 is 1.39 bits per heavy atom. The minimum Gasteiger partial charge on any atom is -0.444 e. The lowest BCUT2D eigenvalue weighted by atomic mass is 10.0. The lowest BCUT2D eigenvalue weighted by molar-refractivity contribution is 0.0486. The molecule has 1 amide bonds. The number of amides is 1. The Kier molecular flexibility index (Phi) is 9.37. The zero-order valence-electron chi connectivity index (χ0n) is 15.8. The van der Waals surface area contributed by atoms with Gasteiger partial charge in [0.25, 0.3) is 0 Å². The number of aliphatic imine (C=N–C) groups is 1. The summed E-state index contributed by atoms with van der Waals surface area (Å²) in [5.74, 6) is 1.13. The Bertz CT molecular complexity index is 400. The van der Waals surface area contributed by atoms with Crippen LogP contribution in [0.2, 0.25) is 0 Å². The van der Waals surface area contributed by atoms with Crippen LogP contribution in [0, 0.1) is 5.92 Å². The van der Waals surface area contributed by atoms with Crippen LogP contribution in [0.1, 0.15) is 41.0 Å². The Morgan fingerprint density at radius 2 is 2.00 bits per heavy atom. The third-order valence-electron chi connectivity index (χ3n) is 3.26. The first-order valence-corrected chi connectivity index (χ1v) is 8.13. The fourth-order valence-electron chi connectivity index (χ4n) is 2.02. The molecule has 0 saturated heterocycles. The summed E-state index contributed by atoms with van der Waals surface area (Å²) in [7, 11) is 3.73. The molecule has 1 unspecified atom stereocenters. The molecule has 0 aliphatic heterocycles. The minimum atomic E-state index is -0.487. The van der Waals surface area contributed by atoms with Gasteiger partial charge in [0.1, 0.15) is 5.60 Å². The van der Waals surface area contributed by atoms with Crippen molar-refractivity contribution in [1.82, 2.24) is 15.5 Å². The topological polar surface area (TPSA) is 66.0 Å². The largest absolute Gasteiger partial charge is 0.444 e. The van der Waals surface area contributed by atoms with Gasteiger partial charge >= 0.3 is 6.09 Å². The van der Waals surface area contributed by atoms with Crippen molar-refractivity contribution in [2.75, 3.05) is 27.2 Å². The van der Waals surface area contributed by atoms with E-state index >= 15 is 0 Å². The van der Waals surface area contributed by atoms with E-state index in [0.29, 0.717) is 12.5 Å². The molecule has 0 aromatic rings. The van der Waals surface area contributed by atoms with Gasteiger partial charge in [0.05, 0.1) is 0 Å². The predicted octanol–water partition coefficient (Wildman–Crippen LogP) is 2.62. The summed E-state index contributed by atoms with van der Waals surface area (Å²) >= 11 is 0. The molecule has 0 aromatic heterocycles. The summed E-state index contributed by atoms with van der Waals surface area (Å²) in [5.41, 5.74) is -0.487. The second-order valence-corrected chi connectivity index (χ2v) is 6.92. The molecule has 2 N–H and O–H groups in total. The maximum atomic E-state index is 12.0. The van der Waals surface area contributed by atoms with Crippen molar-refractivity contribution in [3.63, 3.8) is 0 Å². The third kappa shape index (κ3) is 9.81. The highest BCUT2D eigenvalue weighted by atomic mass is 16.6. The van der Waals surface area contributed by atoms with Gasteiger partial charge in [-0.3, -0.25) is 4.99 Å². The number of carbonyl (C=O) groups is 1. The molecular formula is C17H34N4O2. The van der Waals surface area contributed by atoms with Gasteiger partial charge < -0.3 is 20.3 Å². The molecule has 0 rings (SSSR count). The smallest absolute Gasteiger partial charge is 0.407 e. The van der Waals surface area contributed by atoms with Gasteiger partial charge in [0.2, 0.25) is 0 Å². The van der Waals surface area contributed by atoms with Gasteiger partial charge in [-0.1, -0.05) is 19.9 Å². The van der Waals surface area contributed by atoms with Crippen molar-refractivity contribution in [2.24, 2.45) is 10.9 Å². The van der Waals surface area contributed by atoms with E-state index < -0.39 is 5.60 Å². The number of rotatable bonds is 7. The highest BCUT2D eigenvalue weighted by molar-refractivity contribution is 5.79. The highest BCUT2D eigenvalue weighted by Crippen LogP contribution is 2.11. The van der Waals surface area contributed by atoms with Crippen LogP contribution < -0.4 is 10.6 Å². The molecule has 0 aromatic carbocycles. The van der Waals surface area contributed by atoms with Crippen molar-refractivity contribution < 1.29 is 9.53 Å². The fraction of sp³-hybridized carbons (Fsp3) is 0.765. The monoisotopic (exact) mass is 326 g/mol. The van der Waals surface area contributed by atoms with Crippen LogP contribution in [0.25, 0.3) is 0 Å². The van der Waals surface area contributed by atoms with Crippen molar-refractivity contribution in [3.8, 4) is 0 Å². The first-order valence-electron chi connectivity index (χ1n) is 8.13. The molecule has 6 heteroatoms. The van der Waals surface area contributed by atoms with E-state index in [-0.39, 0.29) is 12.1 Å². The molecule has 134 valence electrons. The molecule has 23 heavy (non-hydrogen) atoms. The van der Waals surface area contributed by atoms with Gasteiger partial charge in [-0.25, -0.2) is 4.79 Å². The maximum absolute atomic E-state index is 12.0. The molecule has 0 saturated carbocycles. The molecule has 0 bridgehead atoms. The van der Waals surface area contributed by atoms with Gasteiger partial charge in [0.15, 0.2) is 5.96 Å². The van der Waals surface area contributed by atoms with Crippen LogP contribution in [-0.2, 0) is 4.74 Å². The van der Waals surface area contributed by atoms with Crippen molar-refractivity contribution in [3.05, 3.63) is 12.7 Å². The summed E-state index contributed by atoms with van der Waals surface area (Å²) in [6.07, 6.45) is 2.23. The molecule has 0 spiro atoms. The summed E-state index contributed by atoms with van der Waals surface area (Å²) < 4.78 is 5.34. The highest BCUT2D eigenvalue weighted by Gasteiger charge is 2.22. The van der Waals surface area contributed by atoms with Gasteiger partial charge in [-0.15, -0.1) is 6.58 Å². The Hall–Kier alpha value is -1.72. The van der Waals surface area contributed by atoms with E-state index in [2.05, 4.69) is 36.1 Å². The SMILES string of the molecule is C=CCNC(=NC)N(C)CCC(NC(=O)OC(C)(C)C)C(C)C. The Labute approximate surface area is 141 Å². The number of ether oxygens (including phenoxy) is 1. The number of carbonyl (C=O) groups excluding carboxylic acids is 1. The normalized spacial score (nSPS) is 13.5. The minimum absolute atomic E-state index is 0.0461. The van der Waals surface area contributed by atoms with Gasteiger partial charge in [0, 0.05) is 33.2 Å². The number of nitrogens with zero attached hydrogens (tertiary/aromatic N) is 2. The lowest BCUT2D eigenvalue weighted by Gasteiger charge is -2.28. The first-order chi connectivity index (χ1) is 10.6. The fourth-order valence-corrected chi connectivity index (χ4v) is 2.02. The van der Waals surface area contributed by atoms with Crippen molar-refractivity contribution >= 4 is 12.1 Å². The number of hydrogen-bond donors (Lipinski definition) is 2. The lowest BCUT2D eigenvalue weighted by Crippen LogP contribution is -2.45. The first kappa shape index (κ1) is 21.3. The van der Waals surface area contributed by atoms with Crippen LogP contribution in [0.5, 0.6) is 0 Å². The summed E-state index contributed by atoms with van der Waals surface area (Å²) in [5, 5.41) is 6.15. The standard InChI is InChI=1S/C17H34N4O2/c1-9-11-19-15(18-7)21(8)12-10-14(13(2)3)20-16(22)23-17(4,5)6/h9,13-14H,1,10-12H2,2-8H3,(H,18,19)(H,20,22). The zero-order valence-corrected chi connectivity index (χ0v) is 15.8. The molecule has 6 nitrogen and oxygen atoms in total. The summed E-state index contributed by atoms with van der Waals surface area (Å²) in [4.78, 5) is 18.2. The molecule has 0 aliphatic carbocycles. The van der Waals surface area contributed by atoms with Crippen LogP contribution in [0.15, 0.2) is 17.6 Å². The summed E-state index contributed by atoms with van der Waals surface area (Å²) in [6, 6.07) is 0.0461. The average Bonchev–Trinajstić information content (AvgIpc) is 2.41. The predicted molar refractivity (Wildman–Crippen MR) is 96.8 cm³/mol. The van der Waals surface area contributed by atoms with Crippen LogP contribution in [0.3, 0.4) is 0 Å². The molecule has 0 aliphatic rings. The van der Waals surface area contributed by atoms with Gasteiger partial charge in [-0.05, 0) is 33.1 Å². The molecule has 0 fully saturated rings. The number of hydrogen-bond acceptors (Lipinski definition) is 3. The molecular weight excluding hydrogens is 292 g/mol. The van der Waals surface area contributed by atoms with E-state index in [4.69, 9.17) is 4.74 Å². The maximum Gasteiger partial charge on any atom is 0.407 e. The van der Waals surface area contributed by atoms with E-state index in [1.807, 2.05) is 32.7 Å². The molecule has 0 heterocycles. The number of guanidine groups is 1. The third-order valence-corrected chi connectivity index (χ3v) is 3.26. The van der Waals surface area contributed by atoms with E-state index in [1.54, 1.807) is 13.1 Å². The number of nitrogens with one attached hydrogen (secondary N) is 2. The van der Waals surface area contributed by atoms with Crippen molar-refractivity contribution in [2.45, 2.75) is 52.7 Å². The zero-order chi connectivity index (χ0) is 18.0. The number of alkyl carbamates (subject to hydrolysis) is 1. The quantitative estimate of drug-likeness (QED) is 0.429. The second-order valence-electron chi connectivity index (χ2n) is 6.92. The average molecular weight is 326 g/mol. The van der Waals surface area contributed by atoms with Crippen LogP contribution in [0.4, 0.5) is 4.79 Å². The van der Waals surface area contributed by atoms with E-state index in [1.165, 1.54) is 0 Å². The van der Waals surface area contributed by atoms with E-state index in [9.17, 15) is 4.79 Å². The van der Waals surface area contributed by atoms with Crippen LogP contribution >= 0.6 is 0 Å². The molecule has 1 atom stereocenters. The summed E-state index contributed by atoms with van der Waals surface area (Å²) in [6.45, 7) is 14.9. The van der Waals surface area contributed by atoms with E-state index in [0.717, 1.165) is 18.9 Å². The van der Waals surface area contributed by atoms with Crippen LogP contribution in [-0.4, -0.2) is 55.8 Å².